The second-order valence-corrected chi connectivity index (χ2v) is 16.5. The number of hydrogen-bond acceptors (Lipinski definition) is 5. The van der Waals surface area contributed by atoms with E-state index < -0.39 is 29.3 Å². The molecule has 0 saturated heterocycles. The zero-order chi connectivity index (χ0) is 35.9. The lowest BCUT2D eigenvalue weighted by Crippen LogP contribution is -2.60. The molecule has 2 N–H and O–H groups in total. The number of carboxylic acid groups (broad SMARTS) is 1. The maximum Gasteiger partial charge on any atom is 0.416 e. The number of rotatable bonds is 11. The standard InChI is InChI=1S/C41H53F3O6/c1-26(8-7-11-35(45)46)31-16-17-32-37-33(18-19-39(31,32)3)38(2)20-21-40(48,28-12-14-29(15-13-28)41(42,43)44)23-30(38)22-34(37)50-36(47)25-49-24-27-9-5-4-6-10-27/h4-6,9-10,12-15,26,30-34,37,48H,7-8,11,16-25H2,1-3H3,(H,45,46)/t26-,30-,31-,32+,33+,34-,37+,38+,39-,40+/m1/s1. The largest absolute Gasteiger partial charge is 0.481 e. The number of esters is 1. The predicted octanol–water partition coefficient (Wildman–Crippen LogP) is 9.18. The van der Waals surface area contributed by atoms with E-state index in [1.165, 1.54) is 12.1 Å². The molecule has 0 aromatic heterocycles. The Labute approximate surface area is 294 Å². The van der Waals surface area contributed by atoms with Crippen molar-refractivity contribution in [3.63, 3.8) is 0 Å². The lowest BCUT2D eigenvalue weighted by atomic mass is 9.42. The monoisotopic (exact) mass is 698 g/mol. The van der Waals surface area contributed by atoms with Crippen LogP contribution in [0.4, 0.5) is 13.2 Å². The van der Waals surface area contributed by atoms with Gasteiger partial charge in [-0.05, 0) is 128 Å². The second kappa shape index (κ2) is 14.3. The summed E-state index contributed by atoms with van der Waals surface area (Å²) in [6.45, 7) is 7.17. The first-order chi connectivity index (χ1) is 23.6. The molecule has 274 valence electrons. The maximum atomic E-state index is 13.5. The normalized spacial score (nSPS) is 35.7. The molecule has 0 radical (unpaired) electrons. The highest BCUT2D eigenvalue weighted by Gasteiger charge is 2.65. The van der Waals surface area contributed by atoms with E-state index in [9.17, 15) is 33.0 Å². The van der Waals surface area contributed by atoms with Gasteiger partial charge in [-0.1, -0.05) is 63.2 Å². The minimum Gasteiger partial charge on any atom is -0.481 e. The summed E-state index contributed by atoms with van der Waals surface area (Å²) in [5.41, 5.74) is -0.579. The second-order valence-electron chi connectivity index (χ2n) is 16.5. The van der Waals surface area contributed by atoms with Crippen LogP contribution >= 0.6 is 0 Å². The van der Waals surface area contributed by atoms with E-state index in [-0.39, 0.29) is 47.7 Å². The molecule has 0 unspecified atom stereocenters. The Bertz CT molecular complexity index is 1500. The highest BCUT2D eigenvalue weighted by atomic mass is 19.4. The molecule has 4 aliphatic rings. The Morgan fingerprint density at radius 2 is 1.64 bits per heavy atom. The molecule has 10 atom stereocenters. The number of carbonyl (C=O) groups excluding carboxylic acids is 1. The van der Waals surface area contributed by atoms with Crippen molar-refractivity contribution >= 4 is 11.9 Å². The van der Waals surface area contributed by atoms with Crippen LogP contribution in [0.3, 0.4) is 0 Å². The molecule has 0 bridgehead atoms. The topological polar surface area (TPSA) is 93.1 Å². The van der Waals surface area contributed by atoms with Crippen molar-refractivity contribution < 1.29 is 42.4 Å². The van der Waals surface area contributed by atoms with E-state index in [0.29, 0.717) is 55.6 Å². The number of ether oxygens (including phenoxy) is 2. The molecule has 6 nitrogen and oxygen atoms in total. The number of halogens is 3. The van der Waals surface area contributed by atoms with Crippen molar-refractivity contribution in [3.05, 3.63) is 71.3 Å². The zero-order valence-corrected chi connectivity index (χ0v) is 29.6. The van der Waals surface area contributed by atoms with Crippen LogP contribution in [0, 0.1) is 46.3 Å². The number of benzene rings is 2. The summed E-state index contributed by atoms with van der Waals surface area (Å²) in [6, 6.07) is 14.6. The number of carbonyl (C=O) groups is 2. The zero-order valence-electron chi connectivity index (χ0n) is 29.6. The van der Waals surface area contributed by atoms with Gasteiger partial charge in [0.1, 0.15) is 12.7 Å². The fraction of sp³-hybridized carbons (Fsp3) is 0.659. The van der Waals surface area contributed by atoms with Crippen LogP contribution in [0.2, 0.25) is 0 Å². The number of hydrogen-bond donors (Lipinski definition) is 2. The molecule has 4 saturated carbocycles. The van der Waals surface area contributed by atoms with Gasteiger partial charge in [0.05, 0.1) is 17.8 Å². The first kappa shape index (κ1) is 36.9. The molecule has 0 heterocycles. The Balaban J connectivity index is 1.24. The summed E-state index contributed by atoms with van der Waals surface area (Å²) >= 11 is 0. The molecule has 0 amide bonds. The van der Waals surface area contributed by atoms with Crippen LogP contribution in [0.25, 0.3) is 0 Å². The van der Waals surface area contributed by atoms with Crippen molar-refractivity contribution in [1.82, 2.24) is 0 Å². The summed E-state index contributed by atoms with van der Waals surface area (Å²) in [5.74, 6) is 0.513. The number of aliphatic hydroxyl groups is 1. The molecule has 0 spiro atoms. The lowest BCUT2D eigenvalue weighted by molar-refractivity contribution is -0.207. The van der Waals surface area contributed by atoms with Crippen LogP contribution in [0.1, 0.15) is 108 Å². The third kappa shape index (κ3) is 7.23. The highest BCUT2D eigenvalue weighted by molar-refractivity contribution is 5.71. The fourth-order valence-corrected chi connectivity index (χ4v) is 11.3. The van der Waals surface area contributed by atoms with Crippen LogP contribution in [-0.4, -0.2) is 34.9 Å². The maximum absolute atomic E-state index is 13.5. The van der Waals surface area contributed by atoms with Crippen LogP contribution < -0.4 is 0 Å². The molecule has 0 aliphatic heterocycles. The number of fused-ring (bicyclic) bond motifs is 5. The molecule has 4 aliphatic carbocycles. The first-order valence-corrected chi connectivity index (χ1v) is 18.6. The average molecular weight is 699 g/mol. The Kier molecular flexibility index (Phi) is 10.5. The van der Waals surface area contributed by atoms with Gasteiger partial charge in [0.25, 0.3) is 0 Å². The van der Waals surface area contributed by atoms with Gasteiger partial charge in [0.15, 0.2) is 0 Å². The van der Waals surface area contributed by atoms with E-state index >= 15 is 0 Å². The quantitative estimate of drug-likeness (QED) is 0.228. The summed E-state index contributed by atoms with van der Waals surface area (Å²) in [4.78, 5) is 24.7. The summed E-state index contributed by atoms with van der Waals surface area (Å²) in [5, 5.41) is 21.2. The Morgan fingerprint density at radius 1 is 0.940 bits per heavy atom. The molecule has 50 heavy (non-hydrogen) atoms. The van der Waals surface area contributed by atoms with Crippen LogP contribution in [0.15, 0.2) is 54.6 Å². The van der Waals surface area contributed by atoms with E-state index in [1.807, 2.05) is 30.3 Å². The van der Waals surface area contributed by atoms with Crippen molar-refractivity contribution in [1.29, 1.82) is 0 Å². The van der Waals surface area contributed by atoms with Gasteiger partial charge < -0.3 is 19.7 Å². The Hall–Kier alpha value is -2.91. The average Bonchev–Trinajstić information content (AvgIpc) is 3.43. The molecular weight excluding hydrogens is 645 g/mol. The number of alkyl halides is 3. The highest BCUT2D eigenvalue weighted by Crippen LogP contribution is 2.69. The molecular formula is C41H53F3O6. The van der Waals surface area contributed by atoms with Gasteiger partial charge in [0.2, 0.25) is 0 Å². The van der Waals surface area contributed by atoms with Gasteiger partial charge in [-0.25, -0.2) is 4.79 Å². The van der Waals surface area contributed by atoms with Gasteiger partial charge in [0, 0.05) is 12.3 Å². The third-order valence-electron chi connectivity index (χ3n) is 13.9. The molecule has 6 rings (SSSR count). The SMILES string of the molecule is C[C@H](CCCC(=O)O)[C@H]1CC[C@H]2[C@@H]3[C@H](OC(=O)COCc4ccccc4)C[C@@H]4C[C@](O)(c5ccc(C(F)(F)F)cc5)CC[C@]4(C)[C@H]3CC[C@]12C. The smallest absolute Gasteiger partial charge is 0.416 e. The van der Waals surface area contributed by atoms with E-state index in [2.05, 4.69) is 20.8 Å². The van der Waals surface area contributed by atoms with E-state index in [1.54, 1.807) is 0 Å². The van der Waals surface area contributed by atoms with Crippen molar-refractivity contribution in [2.75, 3.05) is 6.61 Å². The molecule has 4 fully saturated rings. The minimum absolute atomic E-state index is 0.0179. The van der Waals surface area contributed by atoms with Gasteiger partial charge >= 0.3 is 18.1 Å². The Morgan fingerprint density at radius 3 is 2.32 bits per heavy atom. The summed E-state index contributed by atoms with van der Waals surface area (Å²) in [7, 11) is 0. The van der Waals surface area contributed by atoms with Gasteiger partial charge in [-0.3, -0.25) is 4.79 Å². The summed E-state index contributed by atoms with van der Waals surface area (Å²) in [6.07, 6.45) is 3.31. The van der Waals surface area contributed by atoms with Crippen molar-refractivity contribution in [3.8, 4) is 0 Å². The minimum atomic E-state index is -4.45. The third-order valence-corrected chi connectivity index (χ3v) is 13.9. The molecule has 2 aromatic rings. The number of carboxylic acids is 1. The van der Waals surface area contributed by atoms with E-state index in [0.717, 1.165) is 56.2 Å². The lowest BCUT2D eigenvalue weighted by Gasteiger charge is -2.63. The van der Waals surface area contributed by atoms with Crippen molar-refractivity contribution in [2.45, 2.75) is 116 Å². The van der Waals surface area contributed by atoms with E-state index in [4.69, 9.17) is 9.47 Å². The summed E-state index contributed by atoms with van der Waals surface area (Å²) < 4.78 is 52.2. The number of aliphatic carboxylic acids is 1. The van der Waals surface area contributed by atoms with Gasteiger partial charge in [-0.15, -0.1) is 0 Å². The van der Waals surface area contributed by atoms with Crippen molar-refractivity contribution in [2.24, 2.45) is 46.3 Å². The van der Waals surface area contributed by atoms with Gasteiger partial charge in [-0.2, -0.15) is 13.2 Å². The first-order valence-electron chi connectivity index (χ1n) is 18.6. The van der Waals surface area contributed by atoms with Crippen LogP contribution in [-0.2, 0) is 37.4 Å². The van der Waals surface area contributed by atoms with Crippen LogP contribution in [0.5, 0.6) is 0 Å². The molecule has 9 heteroatoms. The fourth-order valence-electron chi connectivity index (χ4n) is 11.3. The predicted molar refractivity (Wildman–Crippen MR) is 183 cm³/mol. The molecule has 2 aromatic carbocycles.